The molecule has 0 saturated heterocycles. The van der Waals surface area contributed by atoms with Crippen LogP contribution in [0.5, 0.6) is 5.75 Å². The van der Waals surface area contributed by atoms with Gasteiger partial charge in [-0.25, -0.2) is 9.18 Å². The van der Waals surface area contributed by atoms with Crippen molar-refractivity contribution in [3.63, 3.8) is 0 Å². The summed E-state index contributed by atoms with van der Waals surface area (Å²) in [5.74, 6) is -1.59. The van der Waals surface area contributed by atoms with Crippen LogP contribution in [0.3, 0.4) is 0 Å². The van der Waals surface area contributed by atoms with Gasteiger partial charge in [0.25, 0.3) is 0 Å². The van der Waals surface area contributed by atoms with E-state index in [1.807, 2.05) is 0 Å². The first-order chi connectivity index (χ1) is 7.88. The predicted molar refractivity (Wildman–Crippen MR) is 62.7 cm³/mol. The molecule has 0 heterocycles. The van der Waals surface area contributed by atoms with Gasteiger partial charge in [-0.1, -0.05) is 0 Å². The fourth-order valence-electron chi connectivity index (χ4n) is 1.40. The topological polar surface area (TPSA) is 61.5 Å². The Labute approximate surface area is 99.5 Å². The summed E-state index contributed by atoms with van der Waals surface area (Å²) in [6.07, 6.45) is -0.340. The molecule has 0 aromatic heterocycles. The van der Waals surface area contributed by atoms with Gasteiger partial charge in [-0.2, -0.15) is 0 Å². The van der Waals surface area contributed by atoms with Crippen molar-refractivity contribution in [1.82, 2.24) is 0 Å². The van der Waals surface area contributed by atoms with Crippen LogP contribution in [-0.4, -0.2) is 19.2 Å². The number of nitrogens with two attached hydrogens (primary N) is 1. The SMILES string of the molecule is COc1cc(C)c(N)c(C(=O)OC(C)C)c1F. The summed E-state index contributed by atoms with van der Waals surface area (Å²) in [6.45, 7) is 5.03. The lowest BCUT2D eigenvalue weighted by molar-refractivity contribution is 0.0373. The van der Waals surface area contributed by atoms with Crippen molar-refractivity contribution in [2.24, 2.45) is 0 Å². The second-order valence-corrected chi connectivity index (χ2v) is 3.95. The molecule has 0 bridgehead atoms. The molecule has 2 N–H and O–H groups in total. The summed E-state index contributed by atoms with van der Waals surface area (Å²) in [4.78, 5) is 11.7. The molecule has 0 aliphatic rings. The highest BCUT2D eigenvalue weighted by Gasteiger charge is 2.23. The van der Waals surface area contributed by atoms with Crippen molar-refractivity contribution in [1.29, 1.82) is 0 Å². The van der Waals surface area contributed by atoms with Crippen LogP contribution in [0.15, 0.2) is 6.07 Å². The number of methoxy groups -OCH3 is 1. The van der Waals surface area contributed by atoms with E-state index in [-0.39, 0.29) is 23.1 Å². The highest BCUT2D eigenvalue weighted by Crippen LogP contribution is 2.29. The molecule has 94 valence electrons. The maximum Gasteiger partial charge on any atom is 0.343 e. The van der Waals surface area contributed by atoms with Crippen LogP contribution in [-0.2, 0) is 4.74 Å². The van der Waals surface area contributed by atoms with Gasteiger partial charge in [0.2, 0.25) is 0 Å². The second kappa shape index (κ2) is 5.03. The second-order valence-electron chi connectivity index (χ2n) is 3.95. The maximum atomic E-state index is 13.9. The monoisotopic (exact) mass is 241 g/mol. The van der Waals surface area contributed by atoms with Gasteiger partial charge in [0, 0.05) is 0 Å². The molecule has 0 saturated carbocycles. The van der Waals surface area contributed by atoms with Crippen LogP contribution >= 0.6 is 0 Å². The van der Waals surface area contributed by atoms with Gasteiger partial charge < -0.3 is 15.2 Å². The number of carbonyl (C=O) groups is 1. The highest BCUT2D eigenvalue weighted by molar-refractivity contribution is 5.96. The number of esters is 1. The molecule has 0 atom stereocenters. The van der Waals surface area contributed by atoms with Crippen LogP contribution < -0.4 is 10.5 Å². The van der Waals surface area contributed by atoms with Gasteiger partial charge in [0.05, 0.1) is 18.9 Å². The van der Waals surface area contributed by atoms with Gasteiger partial charge in [-0.05, 0) is 32.4 Å². The number of halogens is 1. The molecule has 0 spiro atoms. The van der Waals surface area contributed by atoms with Crippen molar-refractivity contribution in [2.45, 2.75) is 26.9 Å². The van der Waals surface area contributed by atoms with Crippen LogP contribution in [0.4, 0.5) is 10.1 Å². The van der Waals surface area contributed by atoms with E-state index in [1.54, 1.807) is 20.8 Å². The molecule has 5 heteroatoms. The van der Waals surface area contributed by atoms with Crippen molar-refractivity contribution >= 4 is 11.7 Å². The Hall–Kier alpha value is -1.78. The highest BCUT2D eigenvalue weighted by atomic mass is 19.1. The Balaban J connectivity index is 3.30. The standard InChI is InChI=1S/C12H16FNO3/c1-6(2)17-12(15)9-10(13)8(16-4)5-7(3)11(9)14/h5-6H,14H2,1-4H3. The van der Waals surface area contributed by atoms with Gasteiger partial charge in [-0.15, -0.1) is 0 Å². The number of hydrogen-bond donors (Lipinski definition) is 1. The van der Waals surface area contributed by atoms with Crippen LogP contribution in [0.25, 0.3) is 0 Å². The quantitative estimate of drug-likeness (QED) is 0.651. The van der Waals surface area contributed by atoms with Gasteiger partial charge in [0.15, 0.2) is 11.6 Å². The van der Waals surface area contributed by atoms with Crippen molar-refractivity contribution in [2.75, 3.05) is 12.8 Å². The number of ether oxygens (including phenoxy) is 2. The maximum absolute atomic E-state index is 13.9. The Morgan fingerprint density at radius 1 is 1.47 bits per heavy atom. The van der Waals surface area contributed by atoms with Gasteiger partial charge in [-0.3, -0.25) is 0 Å². The van der Waals surface area contributed by atoms with E-state index < -0.39 is 11.8 Å². The van der Waals surface area contributed by atoms with Gasteiger partial charge in [0.1, 0.15) is 5.56 Å². The van der Waals surface area contributed by atoms with E-state index in [0.717, 1.165) is 0 Å². The lowest BCUT2D eigenvalue weighted by Crippen LogP contribution is -2.16. The third-order valence-corrected chi connectivity index (χ3v) is 2.24. The van der Waals surface area contributed by atoms with Crippen molar-refractivity contribution < 1.29 is 18.7 Å². The average molecular weight is 241 g/mol. The summed E-state index contributed by atoms with van der Waals surface area (Å²) in [7, 11) is 1.33. The molecule has 0 aliphatic heterocycles. The van der Waals surface area contributed by atoms with Crippen LogP contribution in [0, 0.1) is 12.7 Å². The molecule has 0 radical (unpaired) electrons. The summed E-state index contributed by atoms with van der Waals surface area (Å²) in [6, 6.07) is 1.44. The molecule has 1 rings (SSSR count). The summed E-state index contributed by atoms with van der Waals surface area (Å²) >= 11 is 0. The molecule has 0 fully saturated rings. The first-order valence-electron chi connectivity index (χ1n) is 5.22. The molecule has 4 nitrogen and oxygen atoms in total. The largest absolute Gasteiger partial charge is 0.494 e. The van der Waals surface area contributed by atoms with E-state index in [4.69, 9.17) is 15.2 Å². The third kappa shape index (κ3) is 2.67. The zero-order chi connectivity index (χ0) is 13.2. The Morgan fingerprint density at radius 3 is 2.53 bits per heavy atom. The smallest absolute Gasteiger partial charge is 0.343 e. The zero-order valence-corrected chi connectivity index (χ0v) is 10.3. The minimum absolute atomic E-state index is 0.0209. The number of hydrogen-bond acceptors (Lipinski definition) is 4. The van der Waals surface area contributed by atoms with E-state index in [0.29, 0.717) is 5.56 Å². The van der Waals surface area contributed by atoms with E-state index in [1.165, 1.54) is 13.2 Å². The molecule has 1 aromatic carbocycles. The number of anilines is 1. The van der Waals surface area contributed by atoms with Gasteiger partial charge >= 0.3 is 5.97 Å². The molecule has 17 heavy (non-hydrogen) atoms. The van der Waals surface area contributed by atoms with Crippen LogP contribution in [0.2, 0.25) is 0 Å². The molecule has 0 unspecified atom stereocenters. The van der Waals surface area contributed by atoms with E-state index in [2.05, 4.69) is 0 Å². The fraction of sp³-hybridized carbons (Fsp3) is 0.417. The first-order valence-corrected chi connectivity index (χ1v) is 5.22. The summed E-state index contributed by atoms with van der Waals surface area (Å²) in [5.41, 5.74) is 6.07. The molecule has 0 aliphatic carbocycles. The third-order valence-electron chi connectivity index (χ3n) is 2.24. The van der Waals surface area contributed by atoms with E-state index in [9.17, 15) is 9.18 Å². The van der Waals surface area contributed by atoms with Crippen LogP contribution in [0.1, 0.15) is 29.8 Å². The Morgan fingerprint density at radius 2 is 2.06 bits per heavy atom. The summed E-state index contributed by atoms with van der Waals surface area (Å²) in [5, 5.41) is 0. The molecule has 1 aromatic rings. The van der Waals surface area contributed by atoms with E-state index >= 15 is 0 Å². The number of benzene rings is 1. The lowest BCUT2D eigenvalue weighted by atomic mass is 10.1. The fourth-order valence-corrected chi connectivity index (χ4v) is 1.40. The van der Waals surface area contributed by atoms with Crippen molar-refractivity contribution in [3.05, 3.63) is 23.0 Å². The minimum Gasteiger partial charge on any atom is -0.494 e. The number of carbonyl (C=O) groups excluding carboxylic acids is 1. The Bertz CT molecular complexity index is 444. The molecule has 0 amide bonds. The summed E-state index contributed by atoms with van der Waals surface area (Å²) < 4.78 is 23.7. The predicted octanol–water partition coefficient (Wildman–Crippen LogP) is 2.29. The molecular weight excluding hydrogens is 225 g/mol. The number of rotatable bonds is 3. The number of aryl methyl sites for hydroxylation is 1. The number of nitrogen functional groups attached to an aromatic ring is 1. The first kappa shape index (κ1) is 13.3. The molecular formula is C12H16FNO3. The zero-order valence-electron chi connectivity index (χ0n) is 10.3. The Kier molecular flexibility index (Phi) is 3.93. The minimum atomic E-state index is -0.791. The lowest BCUT2D eigenvalue weighted by Gasteiger charge is -2.14. The average Bonchev–Trinajstić information content (AvgIpc) is 2.22. The normalized spacial score (nSPS) is 10.5. The van der Waals surface area contributed by atoms with Crippen molar-refractivity contribution in [3.8, 4) is 5.75 Å².